The van der Waals surface area contributed by atoms with Gasteiger partial charge in [-0.1, -0.05) is 38.1 Å². The summed E-state index contributed by atoms with van der Waals surface area (Å²) in [7, 11) is -2.15. The van der Waals surface area contributed by atoms with E-state index in [-0.39, 0.29) is 50.5 Å². The van der Waals surface area contributed by atoms with Crippen molar-refractivity contribution in [3.05, 3.63) is 35.4 Å². The number of hydrogen-bond acceptors (Lipinski definition) is 9. The Bertz CT molecular complexity index is 977. The minimum Gasteiger partial charge on any atom is -0.466 e. The predicted molar refractivity (Wildman–Crippen MR) is 131 cm³/mol. The number of amides is 1. The van der Waals surface area contributed by atoms with Crippen molar-refractivity contribution < 1.29 is 37.0 Å². The Kier molecular flexibility index (Phi) is 11.8. The zero-order chi connectivity index (χ0) is 26.7. The molecular weight excluding hydrogens is 476 g/mol. The molecule has 0 aromatic heterocycles. The van der Waals surface area contributed by atoms with Crippen molar-refractivity contribution in [2.75, 3.05) is 45.0 Å². The van der Waals surface area contributed by atoms with Crippen LogP contribution in [0.25, 0.3) is 0 Å². The molecule has 0 aliphatic carbocycles. The van der Waals surface area contributed by atoms with E-state index in [1.165, 1.54) is 0 Å². The first kappa shape index (κ1) is 30.5. The quantitative estimate of drug-likeness (QED) is 0.262. The van der Waals surface area contributed by atoms with Gasteiger partial charge in [0.15, 0.2) is 9.84 Å². The van der Waals surface area contributed by atoms with Gasteiger partial charge in [0.05, 0.1) is 44.0 Å². The van der Waals surface area contributed by atoms with Gasteiger partial charge in [-0.15, -0.1) is 0 Å². The summed E-state index contributed by atoms with van der Waals surface area (Å²) in [6.07, 6.45) is 0.0671. The van der Waals surface area contributed by atoms with Crippen molar-refractivity contribution in [2.45, 2.75) is 46.5 Å². The van der Waals surface area contributed by atoms with E-state index in [4.69, 9.17) is 14.2 Å². The molecule has 1 amide bonds. The average Bonchev–Trinajstić information content (AvgIpc) is 2.72. The third kappa shape index (κ3) is 10.3. The molecule has 0 fully saturated rings. The Labute approximate surface area is 208 Å². The summed E-state index contributed by atoms with van der Waals surface area (Å²) < 4.78 is 40.4. The standard InChI is InChI=1S/C24H38N2O8S/c1-7-33-20(27)13-18-10-9-11-19(12-18)24(5,22(29)26-25-6)16-32-15-23(3,4)17-35(30,31)14-21(28)34-8-2/h9-12,25H,7-8,13-17H2,1-6H3,(H,26,29). The average molecular weight is 515 g/mol. The first-order chi connectivity index (χ1) is 16.3. The summed E-state index contributed by atoms with van der Waals surface area (Å²) >= 11 is 0. The summed E-state index contributed by atoms with van der Waals surface area (Å²) in [5.74, 6) is -2.50. The second-order valence-corrected chi connectivity index (χ2v) is 11.3. The third-order valence-electron chi connectivity index (χ3n) is 5.09. The molecule has 0 spiro atoms. The van der Waals surface area contributed by atoms with Crippen LogP contribution in [0.15, 0.2) is 24.3 Å². The van der Waals surface area contributed by atoms with Gasteiger partial charge in [-0.25, -0.2) is 13.8 Å². The summed E-state index contributed by atoms with van der Waals surface area (Å²) in [5.41, 5.74) is 4.54. The van der Waals surface area contributed by atoms with Crippen LogP contribution in [0.1, 0.15) is 45.7 Å². The molecule has 1 unspecified atom stereocenters. The van der Waals surface area contributed by atoms with Gasteiger partial charge in [0.2, 0.25) is 5.91 Å². The molecular formula is C24H38N2O8S. The lowest BCUT2D eigenvalue weighted by Gasteiger charge is -2.31. The van der Waals surface area contributed by atoms with Gasteiger partial charge in [0.1, 0.15) is 5.75 Å². The number of carbonyl (C=O) groups excluding carboxylic acids is 3. The monoisotopic (exact) mass is 514 g/mol. The SMILES string of the molecule is CCOC(=O)Cc1cccc(C(C)(COCC(C)(C)CS(=O)(=O)CC(=O)OCC)C(=O)NNC)c1. The molecule has 0 aliphatic rings. The lowest BCUT2D eigenvalue weighted by atomic mass is 9.81. The van der Waals surface area contributed by atoms with Crippen molar-refractivity contribution in [1.29, 1.82) is 0 Å². The van der Waals surface area contributed by atoms with Crippen LogP contribution in [0.3, 0.4) is 0 Å². The highest BCUT2D eigenvalue weighted by Gasteiger charge is 2.37. The number of hydrogen-bond donors (Lipinski definition) is 2. The van der Waals surface area contributed by atoms with E-state index in [9.17, 15) is 22.8 Å². The summed E-state index contributed by atoms with van der Waals surface area (Å²) in [6.45, 7) is 8.82. The molecule has 1 aromatic carbocycles. The fourth-order valence-corrected chi connectivity index (χ4v) is 5.35. The Morgan fingerprint density at radius 2 is 1.60 bits per heavy atom. The molecule has 1 aromatic rings. The molecule has 35 heavy (non-hydrogen) atoms. The highest BCUT2D eigenvalue weighted by Crippen LogP contribution is 2.28. The molecule has 10 nitrogen and oxygen atoms in total. The van der Waals surface area contributed by atoms with Crippen LogP contribution in [0, 0.1) is 5.41 Å². The summed E-state index contributed by atoms with van der Waals surface area (Å²) in [6, 6.07) is 7.04. The molecule has 0 radical (unpaired) electrons. The minimum atomic E-state index is -3.71. The van der Waals surface area contributed by atoms with Crippen LogP contribution in [-0.2, 0) is 50.3 Å². The molecule has 1 atom stereocenters. The lowest BCUT2D eigenvalue weighted by Crippen LogP contribution is -2.50. The zero-order valence-corrected chi connectivity index (χ0v) is 22.2. The topological polar surface area (TPSA) is 137 Å². The molecule has 1 rings (SSSR count). The van der Waals surface area contributed by atoms with Crippen LogP contribution in [0.5, 0.6) is 0 Å². The third-order valence-corrected chi connectivity index (χ3v) is 6.99. The second kappa shape index (κ2) is 13.6. The van der Waals surface area contributed by atoms with Crippen molar-refractivity contribution in [2.24, 2.45) is 5.41 Å². The Morgan fingerprint density at radius 3 is 2.20 bits per heavy atom. The molecule has 0 saturated carbocycles. The highest BCUT2D eigenvalue weighted by atomic mass is 32.2. The van der Waals surface area contributed by atoms with E-state index < -0.39 is 32.4 Å². The Hall–Kier alpha value is -2.50. The van der Waals surface area contributed by atoms with Gasteiger partial charge in [0.25, 0.3) is 0 Å². The first-order valence-electron chi connectivity index (χ1n) is 11.4. The summed E-state index contributed by atoms with van der Waals surface area (Å²) in [5, 5.41) is 0. The molecule has 198 valence electrons. The Morgan fingerprint density at radius 1 is 0.971 bits per heavy atom. The number of nitrogens with one attached hydrogen (secondary N) is 2. The predicted octanol–water partition coefficient (Wildman–Crippen LogP) is 1.32. The minimum absolute atomic E-state index is 0.0278. The van der Waals surface area contributed by atoms with Gasteiger partial charge in [0, 0.05) is 12.5 Å². The van der Waals surface area contributed by atoms with Gasteiger partial charge < -0.3 is 14.2 Å². The van der Waals surface area contributed by atoms with Crippen LogP contribution >= 0.6 is 0 Å². The number of benzene rings is 1. The molecule has 11 heteroatoms. The maximum atomic E-state index is 13.0. The lowest BCUT2D eigenvalue weighted by molar-refractivity contribution is -0.142. The molecule has 0 heterocycles. The Balaban J connectivity index is 2.99. The highest BCUT2D eigenvalue weighted by molar-refractivity contribution is 7.92. The number of ether oxygens (including phenoxy) is 3. The maximum absolute atomic E-state index is 13.0. The van der Waals surface area contributed by atoms with Gasteiger partial charge in [-0.2, -0.15) is 0 Å². The largest absolute Gasteiger partial charge is 0.466 e. The number of esters is 2. The summed E-state index contributed by atoms with van der Waals surface area (Å²) in [4.78, 5) is 36.5. The van der Waals surface area contributed by atoms with Crippen molar-refractivity contribution in [1.82, 2.24) is 10.9 Å². The van der Waals surface area contributed by atoms with E-state index in [0.717, 1.165) is 0 Å². The van der Waals surface area contributed by atoms with Gasteiger partial charge in [-0.05, 0) is 31.9 Å². The molecule has 0 bridgehead atoms. The van der Waals surface area contributed by atoms with Crippen LogP contribution in [0.4, 0.5) is 0 Å². The smallest absolute Gasteiger partial charge is 0.321 e. The van der Waals surface area contributed by atoms with Gasteiger partial charge >= 0.3 is 11.9 Å². The normalized spacial score (nSPS) is 13.5. The van der Waals surface area contributed by atoms with E-state index >= 15 is 0 Å². The fraction of sp³-hybridized carbons (Fsp3) is 0.625. The van der Waals surface area contributed by atoms with Crippen LogP contribution < -0.4 is 10.9 Å². The number of sulfone groups is 1. The zero-order valence-electron chi connectivity index (χ0n) is 21.4. The number of carbonyl (C=O) groups is 3. The van der Waals surface area contributed by atoms with Crippen LogP contribution in [-0.4, -0.2) is 71.2 Å². The first-order valence-corrected chi connectivity index (χ1v) is 13.3. The molecule has 0 aliphatic heterocycles. The maximum Gasteiger partial charge on any atom is 0.321 e. The van der Waals surface area contributed by atoms with E-state index in [1.807, 2.05) is 0 Å². The van der Waals surface area contributed by atoms with Crippen molar-refractivity contribution in [3.63, 3.8) is 0 Å². The molecule has 0 saturated heterocycles. The van der Waals surface area contributed by atoms with E-state index in [2.05, 4.69) is 10.9 Å². The van der Waals surface area contributed by atoms with Crippen molar-refractivity contribution in [3.8, 4) is 0 Å². The number of rotatable bonds is 15. The second-order valence-electron chi connectivity index (χ2n) is 9.21. The van der Waals surface area contributed by atoms with E-state index in [0.29, 0.717) is 11.1 Å². The van der Waals surface area contributed by atoms with Crippen molar-refractivity contribution >= 4 is 27.7 Å². The van der Waals surface area contributed by atoms with Gasteiger partial charge in [-0.3, -0.25) is 19.8 Å². The van der Waals surface area contributed by atoms with Crippen LogP contribution in [0.2, 0.25) is 0 Å². The fourth-order valence-electron chi connectivity index (χ4n) is 3.54. The number of hydrazine groups is 1. The van der Waals surface area contributed by atoms with E-state index in [1.54, 1.807) is 65.9 Å². The molecule has 2 N–H and O–H groups in total.